The van der Waals surface area contributed by atoms with E-state index in [4.69, 9.17) is 11.0 Å². The summed E-state index contributed by atoms with van der Waals surface area (Å²) in [5.41, 5.74) is 4.93. The maximum absolute atomic E-state index is 8.64. The second-order valence-corrected chi connectivity index (χ2v) is 4.11. The standard InChI is InChI=1S/C8H12N4S/c1-8(10,6-9)2-5-13-7-11-3-4-12-7/h3-4H,2,5,10H2,1H3,(H,11,12). The highest BCUT2D eigenvalue weighted by Gasteiger charge is 2.16. The number of aromatic nitrogens is 2. The summed E-state index contributed by atoms with van der Waals surface area (Å²) < 4.78 is 0. The monoisotopic (exact) mass is 196 g/mol. The number of H-pyrrole nitrogens is 1. The predicted octanol–water partition coefficient (Wildman–Crippen LogP) is 1.13. The molecule has 70 valence electrons. The number of nitrogens with two attached hydrogens (primary N) is 1. The summed E-state index contributed by atoms with van der Waals surface area (Å²) in [7, 11) is 0. The molecule has 0 radical (unpaired) electrons. The number of hydrogen-bond acceptors (Lipinski definition) is 4. The van der Waals surface area contributed by atoms with E-state index in [-0.39, 0.29) is 0 Å². The molecule has 4 nitrogen and oxygen atoms in total. The Balaban J connectivity index is 2.26. The highest BCUT2D eigenvalue weighted by Crippen LogP contribution is 2.16. The Kier molecular flexibility index (Phi) is 3.34. The van der Waals surface area contributed by atoms with E-state index in [2.05, 4.69) is 16.0 Å². The molecule has 3 N–H and O–H groups in total. The Morgan fingerprint density at radius 1 is 1.85 bits per heavy atom. The first kappa shape index (κ1) is 10.1. The summed E-state index contributed by atoms with van der Waals surface area (Å²) in [6, 6.07) is 2.06. The summed E-state index contributed by atoms with van der Waals surface area (Å²) in [6.07, 6.45) is 4.14. The van der Waals surface area contributed by atoms with Gasteiger partial charge in [0.05, 0.1) is 6.07 Å². The van der Waals surface area contributed by atoms with Crippen LogP contribution < -0.4 is 5.73 Å². The molecule has 1 aromatic heterocycles. The van der Waals surface area contributed by atoms with Gasteiger partial charge in [-0.15, -0.1) is 0 Å². The van der Waals surface area contributed by atoms with Crippen molar-refractivity contribution in [2.45, 2.75) is 24.0 Å². The number of imidazole rings is 1. The van der Waals surface area contributed by atoms with Gasteiger partial charge in [-0.3, -0.25) is 0 Å². The molecular weight excluding hydrogens is 184 g/mol. The molecule has 0 aliphatic rings. The van der Waals surface area contributed by atoms with E-state index < -0.39 is 5.54 Å². The Morgan fingerprint density at radius 3 is 3.15 bits per heavy atom. The van der Waals surface area contributed by atoms with E-state index in [1.54, 1.807) is 31.1 Å². The molecule has 1 unspecified atom stereocenters. The molecule has 5 heteroatoms. The number of aromatic amines is 1. The molecule has 1 aromatic rings. The summed E-state index contributed by atoms with van der Waals surface area (Å²) in [5.74, 6) is 0.800. The van der Waals surface area contributed by atoms with Crippen LogP contribution in [0.4, 0.5) is 0 Å². The average Bonchev–Trinajstić information content (AvgIpc) is 2.57. The Bertz CT molecular complexity index is 286. The van der Waals surface area contributed by atoms with E-state index in [0.717, 1.165) is 10.9 Å². The molecule has 1 rings (SSSR count). The van der Waals surface area contributed by atoms with Gasteiger partial charge in [0.1, 0.15) is 5.54 Å². The quantitative estimate of drug-likeness (QED) is 0.708. The number of nitriles is 1. The van der Waals surface area contributed by atoms with Gasteiger partial charge in [0.25, 0.3) is 0 Å². The zero-order valence-electron chi connectivity index (χ0n) is 7.45. The van der Waals surface area contributed by atoms with Crippen molar-refractivity contribution in [2.24, 2.45) is 5.73 Å². The number of hydrogen-bond donors (Lipinski definition) is 2. The predicted molar refractivity (Wildman–Crippen MR) is 52.1 cm³/mol. The van der Waals surface area contributed by atoms with Gasteiger partial charge >= 0.3 is 0 Å². The maximum atomic E-state index is 8.64. The first-order chi connectivity index (χ1) is 6.14. The molecule has 0 saturated heterocycles. The van der Waals surface area contributed by atoms with Crippen LogP contribution in [0.5, 0.6) is 0 Å². The lowest BCUT2D eigenvalue weighted by molar-refractivity contribution is 0.583. The molecule has 0 amide bonds. The lowest BCUT2D eigenvalue weighted by Crippen LogP contribution is -2.34. The van der Waals surface area contributed by atoms with Gasteiger partial charge < -0.3 is 10.7 Å². The fraction of sp³-hybridized carbons (Fsp3) is 0.500. The second kappa shape index (κ2) is 4.30. The number of rotatable bonds is 4. The lowest BCUT2D eigenvalue weighted by Gasteiger charge is -2.13. The van der Waals surface area contributed by atoms with E-state index in [9.17, 15) is 0 Å². The molecule has 1 heterocycles. The summed E-state index contributed by atoms with van der Waals surface area (Å²) >= 11 is 1.57. The molecule has 1 atom stereocenters. The zero-order chi connectivity index (χ0) is 9.73. The largest absolute Gasteiger partial charge is 0.340 e. The normalized spacial score (nSPS) is 14.8. The van der Waals surface area contributed by atoms with Gasteiger partial charge in [0.2, 0.25) is 0 Å². The fourth-order valence-corrected chi connectivity index (χ4v) is 1.75. The molecule has 0 aliphatic carbocycles. The van der Waals surface area contributed by atoms with Crippen LogP contribution >= 0.6 is 11.8 Å². The van der Waals surface area contributed by atoms with Crippen LogP contribution in [0.1, 0.15) is 13.3 Å². The third-order valence-corrected chi connectivity index (χ3v) is 2.49. The van der Waals surface area contributed by atoms with Gasteiger partial charge in [0, 0.05) is 18.1 Å². The average molecular weight is 196 g/mol. The Hall–Kier alpha value is -0.990. The molecule has 0 bridgehead atoms. The molecule has 0 aromatic carbocycles. The smallest absolute Gasteiger partial charge is 0.165 e. The van der Waals surface area contributed by atoms with Crippen molar-refractivity contribution < 1.29 is 0 Å². The van der Waals surface area contributed by atoms with Crippen LogP contribution in [0.15, 0.2) is 17.6 Å². The Morgan fingerprint density at radius 2 is 2.62 bits per heavy atom. The van der Waals surface area contributed by atoms with Crippen LogP contribution in [0.25, 0.3) is 0 Å². The first-order valence-corrected chi connectivity index (χ1v) is 4.95. The first-order valence-electron chi connectivity index (χ1n) is 3.96. The highest BCUT2D eigenvalue weighted by molar-refractivity contribution is 7.99. The molecule has 0 spiro atoms. The van der Waals surface area contributed by atoms with Crippen molar-refractivity contribution in [3.05, 3.63) is 12.4 Å². The molecule has 0 fully saturated rings. The molecule has 0 saturated carbocycles. The number of thioether (sulfide) groups is 1. The van der Waals surface area contributed by atoms with Crippen LogP contribution in [-0.2, 0) is 0 Å². The summed E-state index contributed by atoms with van der Waals surface area (Å²) in [6.45, 7) is 1.73. The fourth-order valence-electron chi connectivity index (χ4n) is 0.745. The number of nitrogens with zero attached hydrogens (tertiary/aromatic N) is 2. The van der Waals surface area contributed by atoms with Gasteiger partial charge in [-0.25, -0.2) is 4.98 Å². The topological polar surface area (TPSA) is 78.5 Å². The molecule has 0 aliphatic heterocycles. The van der Waals surface area contributed by atoms with Crippen molar-refractivity contribution in [1.29, 1.82) is 5.26 Å². The van der Waals surface area contributed by atoms with Crippen LogP contribution in [0, 0.1) is 11.3 Å². The van der Waals surface area contributed by atoms with Gasteiger partial charge in [-0.2, -0.15) is 5.26 Å². The van der Waals surface area contributed by atoms with Crippen LogP contribution in [-0.4, -0.2) is 21.3 Å². The minimum Gasteiger partial charge on any atom is -0.340 e. The van der Waals surface area contributed by atoms with Crippen molar-refractivity contribution in [1.82, 2.24) is 9.97 Å². The van der Waals surface area contributed by atoms with Crippen molar-refractivity contribution >= 4 is 11.8 Å². The maximum Gasteiger partial charge on any atom is 0.165 e. The molecule has 13 heavy (non-hydrogen) atoms. The minimum absolute atomic E-state index is 0.662. The van der Waals surface area contributed by atoms with Gasteiger partial charge in [-0.05, 0) is 13.3 Å². The second-order valence-electron chi connectivity index (χ2n) is 3.02. The van der Waals surface area contributed by atoms with Crippen LogP contribution in [0.3, 0.4) is 0 Å². The van der Waals surface area contributed by atoms with E-state index in [1.165, 1.54) is 0 Å². The van der Waals surface area contributed by atoms with Crippen molar-refractivity contribution in [3.63, 3.8) is 0 Å². The van der Waals surface area contributed by atoms with Crippen molar-refractivity contribution in [3.8, 4) is 6.07 Å². The summed E-state index contributed by atoms with van der Waals surface area (Å²) in [4.78, 5) is 7.01. The van der Waals surface area contributed by atoms with E-state index >= 15 is 0 Å². The molecular formula is C8H12N4S. The number of nitrogens with one attached hydrogen (secondary N) is 1. The highest BCUT2D eigenvalue weighted by atomic mass is 32.2. The van der Waals surface area contributed by atoms with Crippen LogP contribution in [0.2, 0.25) is 0 Å². The van der Waals surface area contributed by atoms with E-state index in [1.807, 2.05) is 0 Å². The Labute approximate surface area is 81.5 Å². The zero-order valence-corrected chi connectivity index (χ0v) is 8.27. The summed E-state index contributed by atoms with van der Waals surface area (Å²) in [5, 5.41) is 9.51. The third kappa shape index (κ3) is 3.49. The SMILES string of the molecule is CC(N)(C#N)CCSc1ncc[nH]1. The third-order valence-electron chi connectivity index (χ3n) is 1.59. The van der Waals surface area contributed by atoms with Gasteiger partial charge in [0.15, 0.2) is 5.16 Å². The minimum atomic E-state index is -0.723. The lowest BCUT2D eigenvalue weighted by atomic mass is 10.0. The van der Waals surface area contributed by atoms with Crippen molar-refractivity contribution in [2.75, 3.05) is 5.75 Å². The van der Waals surface area contributed by atoms with E-state index in [0.29, 0.717) is 6.42 Å². The van der Waals surface area contributed by atoms with Gasteiger partial charge in [-0.1, -0.05) is 11.8 Å².